The van der Waals surface area contributed by atoms with Crippen molar-refractivity contribution in [1.29, 1.82) is 0 Å². The molecule has 0 unspecified atom stereocenters. The summed E-state index contributed by atoms with van der Waals surface area (Å²) in [5.41, 5.74) is 0.663. The first-order valence-corrected chi connectivity index (χ1v) is 10.8. The molecule has 0 heterocycles. The summed E-state index contributed by atoms with van der Waals surface area (Å²) < 4.78 is 27.2. The van der Waals surface area contributed by atoms with Crippen molar-refractivity contribution in [2.45, 2.75) is 68.7 Å². The second-order valence-electron chi connectivity index (χ2n) is 7.31. The Balaban J connectivity index is 1.67. The number of nitrogens with one attached hydrogen (secondary N) is 1. The van der Waals surface area contributed by atoms with E-state index >= 15 is 0 Å². The fraction of sp³-hybridized carbons (Fsp3) is 0.632. The highest BCUT2D eigenvalue weighted by Gasteiger charge is 2.29. The zero-order chi connectivity index (χ0) is 17.9. The SMILES string of the molecule is CN(C1CCCCC1)S(=O)(=O)c1ccc(NC(=O)C2CCCC2)cc1. The molecule has 5 nitrogen and oxygen atoms in total. The molecule has 1 aromatic carbocycles. The number of carbonyl (C=O) groups is 1. The van der Waals surface area contributed by atoms with Gasteiger partial charge in [0.2, 0.25) is 15.9 Å². The van der Waals surface area contributed by atoms with Gasteiger partial charge >= 0.3 is 0 Å². The third kappa shape index (κ3) is 4.23. The van der Waals surface area contributed by atoms with Crippen LogP contribution in [-0.4, -0.2) is 31.7 Å². The lowest BCUT2D eigenvalue weighted by atomic mass is 9.96. The van der Waals surface area contributed by atoms with Crippen LogP contribution >= 0.6 is 0 Å². The summed E-state index contributed by atoms with van der Waals surface area (Å²) in [4.78, 5) is 12.5. The molecule has 1 amide bonds. The van der Waals surface area contributed by atoms with E-state index in [4.69, 9.17) is 0 Å². The van der Waals surface area contributed by atoms with Crippen LogP contribution in [0.5, 0.6) is 0 Å². The molecule has 0 bridgehead atoms. The first-order chi connectivity index (χ1) is 12.0. The molecule has 2 aliphatic carbocycles. The smallest absolute Gasteiger partial charge is 0.243 e. The van der Waals surface area contributed by atoms with Crippen LogP contribution in [0.25, 0.3) is 0 Å². The molecule has 25 heavy (non-hydrogen) atoms. The fourth-order valence-electron chi connectivity index (χ4n) is 3.95. The molecule has 1 N–H and O–H groups in total. The average molecular weight is 365 g/mol. The molecule has 2 saturated carbocycles. The van der Waals surface area contributed by atoms with E-state index in [1.807, 2.05) is 0 Å². The van der Waals surface area contributed by atoms with Crippen molar-refractivity contribution < 1.29 is 13.2 Å². The quantitative estimate of drug-likeness (QED) is 0.865. The Morgan fingerprint density at radius 1 is 0.960 bits per heavy atom. The first kappa shape index (κ1) is 18.4. The van der Waals surface area contributed by atoms with Gasteiger partial charge in [0.15, 0.2) is 0 Å². The monoisotopic (exact) mass is 364 g/mol. The second kappa shape index (κ2) is 7.87. The highest BCUT2D eigenvalue weighted by molar-refractivity contribution is 7.89. The predicted octanol–water partition coefficient (Wildman–Crippen LogP) is 3.77. The van der Waals surface area contributed by atoms with E-state index in [0.717, 1.165) is 51.4 Å². The molecule has 2 fully saturated rings. The topological polar surface area (TPSA) is 66.5 Å². The summed E-state index contributed by atoms with van der Waals surface area (Å²) in [5, 5.41) is 2.91. The van der Waals surface area contributed by atoms with Gasteiger partial charge in [-0.2, -0.15) is 4.31 Å². The maximum atomic E-state index is 12.8. The molecule has 2 aliphatic rings. The van der Waals surface area contributed by atoms with E-state index < -0.39 is 10.0 Å². The lowest BCUT2D eigenvalue weighted by Gasteiger charge is -2.30. The van der Waals surface area contributed by atoms with Crippen molar-refractivity contribution in [2.24, 2.45) is 5.92 Å². The van der Waals surface area contributed by atoms with Gasteiger partial charge in [0, 0.05) is 24.7 Å². The van der Waals surface area contributed by atoms with Crippen molar-refractivity contribution in [3.63, 3.8) is 0 Å². The number of anilines is 1. The number of amides is 1. The fourth-order valence-corrected chi connectivity index (χ4v) is 5.37. The Hall–Kier alpha value is -1.40. The summed E-state index contributed by atoms with van der Waals surface area (Å²) >= 11 is 0. The number of sulfonamides is 1. The molecule has 3 rings (SSSR count). The Morgan fingerprint density at radius 2 is 1.52 bits per heavy atom. The molecule has 0 aliphatic heterocycles. The standard InChI is InChI=1S/C19H28N2O3S/c1-21(17-9-3-2-4-10-17)25(23,24)18-13-11-16(12-14-18)20-19(22)15-7-5-6-8-15/h11-15,17H,2-10H2,1H3,(H,20,22). The first-order valence-electron chi connectivity index (χ1n) is 9.37. The summed E-state index contributed by atoms with van der Waals surface area (Å²) in [6.45, 7) is 0. The van der Waals surface area contributed by atoms with Crippen molar-refractivity contribution in [3.8, 4) is 0 Å². The van der Waals surface area contributed by atoms with Crippen LogP contribution < -0.4 is 5.32 Å². The van der Waals surface area contributed by atoms with Gasteiger partial charge < -0.3 is 5.32 Å². The maximum Gasteiger partial charge on any atom is 0.243 e. The van der Waals surface area contributed by atoms with Crippen molar-refractivity contribution in [2.75, 3.05) is 12.4 Å². The van der Waals surface area contributed by atoms with E-state index in [9.17, 15) is 13.2 Å². The van der Waals surface area contributed by atoms with Gasteiger partial charge in [0.25, 0.3) is 0 Å². The number of hydrogen-bond acceptors (Lipinski definition) is 3. The van der Waals surface area contributed by atoms with Crippen LogP contribution in [0.4, 0.5) is 5.69 Å². The third-order valence-electron chi connectivity index (χ3n) is 5.61. The maximum absolute atomic E-state index is 12.8. The van der Waals surface area contributed by atoms with Crippen LogP contribution in [0.1, 0.15) is 57.8 Å². The Kier molecular flexibility index (Phi) is 5.79. The van der Waals surface area contributed by atoms with Crippen LogP contribution in [0.2, 0.25) is 0 Å². The largest absolute Gasteiger partial charge is 0.326 e. The van der Waals surface area contributed by atoms with E-state index in [1.54, 1.807) is 31.3 Å². The van der Waals surface area contributed by atoms with E-state index in [0.29, 0.717) is 10.6 Å². The van der Waals surface area contributed by atoms with Gasteiger partial charge in [-0.15, -0.1) is 0 Å². The summed E-state index contributed by atoms with van der Waals surface area (Å²) in [5.74, 6) is 0.147. The number of benzene rings is 1. The molecule has 138 valence electrons. The zero-order valence-corrected chi connectivity index (χ0v) is 15.7. The molecule has 1 aromatic rings. The van der Waals surface area contributed by atoms with Crippen molar-refractivity contribution in [1.82, 2.24) is 4.31 Å². The van der Waals surface area contributed by atoms with Gasteiger partial charge in [-0.1, -0.05) is 32.1 Å². The van der Waals surface area contributed by atoms with Crippen molar-refractivity contribution in [3.05, 3.63) is 24.3 Å². The molecule has 0 spiro atoms. The Labute approximate surface area is 150 Å². The Bertz CT molecular complexity index is 688. The molecular weight excluding hydrogens is 336 g/mol. The van der Waals surface area contributed by atoms with Gasteiger partial charge in [-0.25, -0.2) is 8.42 Å². The minimum Gasteiger partial charge on any atom is -0.326 e. The predicted molar refractivity (Wildman–Crippen MR) is 98.9 cm³/mol. The Morgan fingerprint density at radius 3 is 2.12 bits per heavy atom. The van der Waals surface area contributed by atoms with Crippen LogP contribution in [-0.2, 0) is 14.8 Å². The highest BCUT2D eigenvalue weighted by atomic mass is 32.2. The molecule has 0 saturated heterocycles. The van der Waals surface area contributed by atoms with Gasteiger partial charge in [-0.3, -0.25) is 4.79 Å². The summed E-state index contributed by atoms with van der Waals surface area (Å²) in [7, 11) is -1.80. The minimum absolute atomic E-state index is 0.0485. The van der Waals surface area contributed by atoms with Crippen LogP contribution in [0.3, 0.4) is 0 Å². The summed E-state index contributed by atoms with van der Waals surface area (Å²) in [6, 6.07) is 6.67. The molecule has 0 aromatic heterocycles. The number of hydrogen-bond donors (Lipinski definition) is 1. The average Bonchev–Trinajstić information content (AvgIpc) is 3.17. The highest BCUT2D eigenvalue weighted by Crippen LogP contribution is 2.28. The van der Waals surface area contributed by atoms with Crippen LogP contribution in [0, 0.1) is 5.92 Å². The van der Waals surface area contributed by atoms with Gasteiger partial charge in [0.1, 0.15) is 0 Å². The lowest BCUT2D eigenvalue weighted by Crippen LogP contribution is -2.38. The molecule has 6 heteroatoms. The third-order valence-corrected chi connectivity index (χ3v) is 7.54. The lowest BCUT2D eigenvalue weighted by molar-refractivity contribution is -0.119. The second-order valence-corrected chi connectivity index (χ2v) is 9.31. The normalized spacial score (nSPS) is 20.1. The van der Waals surface area contributed by atoms with E-state index in [1.165, 1.54) is 10.7 Å². The van der Waals surface area contributed by atoms with E-state index in [-0.39, 0.29) is 17.9 Å². The number of carbonyl (C=O) groups excluding carboxylic acids is 1. The number of nitrogens with zero attached hydrogens (tertiary/aromatic N) is 1. The van der Waals surface area contributed by atoms with Crippen molar-refractivity contribution >= 4 is 21.6 Å². The zero-order valence-electron chi connectivity index (χ0n) is 14.9. The molecular formula is C19H28N2O3S. The van der Waals surface area contributed by atoms with E-state index in [2.05, 4.69) is 5.32 Å². The molecule has 0 radical (unpaired) electrons. The van der Waals surface area contributed by atoms with Gasteiger partial charge in [-0.05, 0) is 49.9 Å². The van der Waals surface area contributed by atoms with Gasteiger partial charge in [0.05, 0.1) is 4.90 Å². The summed E-state index contributed by atoms with van der Waals surface area (Å²) in [6.07, 6.45) is 9.38. The van der Waals surface area contributed by atoms with Crippen LogP contribution in [0.15, 0.2) is 29.2 Å². The minimum atomic E-state index is -3.48. The number of rotatable bonds is 5. The molecule has 0 atom stereocenters.